The van der Waals surface area contributed by atoms with Crippen molar-refractivity contribution in [2.24, 2.45) is 0 Å². The fraction of sp³-hybridized carbons (Fsp3) is 0.841. The quantitative estimate of drug-likeness (QED) is 0.0384. The monoisotopic (exact) mass is 690 g/mol. The first kappa shape index (κ1) is 47.6. The van der Waals surface area contributed by atoms with Crippen LogP contribution in [0.5, 0.6) is 0 Å². The van der Waals surface area contributed by atoms with Gasteiger partial charge in [-0.05, 0) is 32.1 Å². The zero-order valence-corrected chi connectivity index (χ0v) is 32.6. The number of carbonyl (C=O) groups excluding carboxylic acids is 1. The fourth-order valence-corrected chi connectivity index (χ4v) is 6.35. The molecule has 5 heteroatoms. The molecule has 1 amide bonds. The van der Waals surface area contributed by atoms with Gasteiger partial charge in [-0.15, -0.1) is 0 Å². The van der Waals surface area contributed by atoms with E-state index in [9.17, 15) is 20.1 Å². The van der Waals surface area contributed by atoms with Crippen LogP contribution in [0.1, 0.15) is 213 Å². The Labute approximate surface area is 304 Å². The summed E-state index contributed by atoms with van der Waals surface area (Å²) < 4.78 is 0. The van der Waals surface area contributed by atoms with E-state index in [0.29, 0.717) is 0 Å². The Morgan fingerprint density at radius 1 is 0.510 bits per heavy atom. The summed E-state index contributed by atoms with van der Waals surface area (Å²) in [5, 5.41) is 32.9. The average molecular weight is 690 g/mol. The highest BCUT2D eigenvalue weighted by molar-refractivity contribution is 5.81. The van der Waals surface area contributed by atoms with Gasteiger partial charge in [0.05, 0.1) is 18.8 Å². The molecule has 0 spiro atoms. The number of amides is 1. The maximum atomic E-state index is 12.4. The smallest absolute Gasteiger partial charge is 0.249 e. The number of carbonyl (C=O) groups is 1. The van der Waals surface area contributed by atoms with Gasteiger partial charge in [-0.1, -0.05) is 211 Å². The molecule has 5 nitrogen and oxygen atoms in total. The SMILES string of the molecule is CCCCCCCC/C=C\C/C=C\CC(O)C(=O)NC(CO)C(O)/C=C/CCCCCCCCCCCCCCCCCCCCCCC. The van der Waals surface area contributed by atoms with E-state index in [-0.39, 0.29) is 13.0 Å². The number of nitrogens with one attached hydrogen (secondary N) is 1. The third-order valence-electron chi connectivity index (χ3n) is 9.74. The summed E-state index contributed by atoms with van der Waals surface area (Å²) in [6.07, 6.45) is 49.1. The molecule has 3 unspecified atom stereocenters. The van der Waals surface area contributed by atoms with Crippen molar-refractivity contribution in [3.05, 3.63) is 36.5 Å². The zero-order valence-electron chi connectivity index (χ0n) is 32.6. The molecule has 0 fully saturated rings. The van der Waals surface area contributed by atoms with Crippen molar-refractivity contribution in [1.29, 1.82) is 0 Å². The first-order valence-corrected chi connectivity index (χ1v) is 21.3. The summed E-state index contributed by atoms with van der Waals surface area (Å²) >= 11 is 0. The van der Waals surface area contributed by atoms with E-state index in [1.807, 2.05) is 18.2 Å². The van der Waals surface area contributed by atoms with Crippen LogP contribution in [-0.4, -0.2) is 46.1 Å². The molecule has 0 saturated heterocycles. The predicted molar refractivity (Wildman–Crippen MR) is 213 cm³/mol. The van der Waals surface area contributed by atoms with Gasteiger partial charge in [-0.2, -0.15) is 0 Å². The van der Waals surface area contributed by atoms with Gasteiger partial charge < -0.3 is 20.6 Å². The van der Waals surface area contributed by atoms with Gasteiger partial charge >= 0.3 is 0 Å². The lowest BCUT2D eigenvalue weighted by molar-refractivity contribution is -0.131. The number of allylic oxidation sites excluding steroid dienone is 4. The lowest BCUT2D eigenvalue weighted by Crippen LogP contribution is -2.48. The molecule has 3 atom stereocenters. The van der Waals surface area contributed by atoms with E-state index >= 15 is 0 Å². The molecule has 0 aliphatic carbocycles. The summed E-state index contributed by atoms with van der Waals surface area (Å²) in [5.41, 5.74) is 0. The molecule has 0 bridgehead atoms. The summed E-state index contributed by atoms with van der Waals surface area (Å²) in [6.45, 7) is 4.14. The molecule has 49 heavy (non-hydrogen) atoms. The normalized spacial score (nSPS) is 14.0. The van der Waals surface area contributed by atoms with Gasteiger partial charge in [-0.3, -0.25) is 4.79 Å². The van der Waals surface area contributed by atoms with Crippen LogP contribution in [0.2, 0.25) is 0 Å². The summed E-state index contributed by atoms with van der Waals surface area (Å²) in [6, 6.07) is -0.827. The second-order valence-corrected chi connectivity index (χ2v) is 14.6. The van der Waals surface area contributed by atoms with Crippen LogP contribution >= 0.6 is 0 Å². The fourth-order valence-electron chi connectivity index (χ4n) is 6.35. The van der Waals surface area contributed by atoms with Crippen molar-refractivity contribution >= 4 is 5.91 Å². The maximum absolute atomic E-state index is 12.4. The van der Waals surface area contributed by atoms with Crippen molar-refractivity contribution in [3.63, 3.8) is 0 Å². The third kappa shape index (κ3) is 34.8. The summed E-state index contributed by atoms with van der Waals surface area (Å²) in [7, 11) is 0. The Morgan fingerprint density at radius 3 is 1.29 bits per heavy atom. The molecule has 0 aromatic rings. The lowest BCUT2D eigenvalue weighted by Gasteiger charge is -2.21. The summed E-state index contributed by atoms with van der Waals surface area (Å²) in [4.78, 5) is 12.4. The van der Waals surface area contributed by atoms with E-state index in [0.717, 1.165) is 25.7 Å². The van der Waals surface area contributed by atoms with Crippen LogP contribution in [0.4, 0.5) is 0 Å². The maximum Gasteiger partial charge on any atom is 0.249 e. The molecular formula is C44H83NO4. The minimum atomic E-state index is -1.20. The van der Waals surface area contributed by atoms with Gasteiger partial charge in [0.1, 0.15) is 6.10 Å². The van der Waals surface area contributed by atoms with Gasteiger partial charge in [0.25, 0.3) is 0 Å². The number of aliphatic hydroxyl groups is 3. The number of unbranched alkanes of at least 4 members (excludes halogenated alkanes) is 27. The molecule has 0 aliphatic rings. The highest BCUT2D eigenvalue weighted by atomic mass is 16.3. The van der Waals surface area contributed by atoms with E-state index in [4.69, 9.17) is 0 Å². The van der Waals surface area contributed by atoms with Crippen LogP contribution in [0.25, 0.3) is 0 Å². The van der Waals surface area contributed by atoms with Crippen molar-refractivity contribution < 1.29 is 20.1 Å². The molecule has 288 valence electrons. The molecular weight excluding hydrogens is 606 g/mol. The van der Waals surface area contributed by atoms with Crippen molar-refractivity contribution in [1.82, 2.24) is 5.32 Å². The lowest BCUT2D eigenvalue weighted by atomic mass is 10.0. The van der Waals surface area contributed by atoms with E-state index in [1.165, 1.54) is 167 Å². The molecule has 0 aromatic carbocycles. The highest BCUT2D eigenvalue weighted by Crippen LogP contribution is 2.15. The first-order chi connectivity index (χ1) is 24.1. The Hall–Kier alpha value is -1.43. The Bertz CT molecular complexity index is 764. The molecule has 0 radical (unpaired) electrons. The number of hydrogen-bond acceptors (Lipinski definition) is 4. The Morgan fingerprint density at radius 2 is 0.878 bits per heavy atom. The van der Waals surface area contributed by atoms with Crippen molar-refractivity contribution in [3.8, 4) is 0 Å². The van der Waals surface area contributed by atoms with Crippen LogP contribution < -0.4 is 5.32 Å². The molecule has 0 heterocycles. The molecule has 0 rings (SSSR count). The molecule has 0 saturated carbocycles. The van der Waals surface area contributed by atoms with Crippen molar-refractivity contribution in [2.75, 3.05) is 6.61 Å². The highest BCUT2D eigenvalue weighted by Gasteiger charge is 2.22. The second-order valence-electron chi connectivity index (χ2n) is 14.6. The van der Waals surface area contributed by atoms with E-state index in [1.54, 1.807) is 6.08 Å². The minimum absolute atomic E-state index is 0.209. The van der Waals surface area contributed by atoms with E-state index in [2.05, 4.69) is 31.3 Å². The van der Waals surface area contributed by atoms with Crippen LogP contribution in [0, 0.1) is 0 Å². The standard InChI is InChI=1S/C44H83NO4/c1-3-5-7-9-11-13-15-17-18-19-20-21-22-23-24-25-26-27-29-30-32-34-36-38-42(47)41(40-46)45-44(49)43(48)39-37-35-33-31-28-16-14-12-10-8-6-4-2/h28,31,35-38,41-43,46-48H,3-27,29-30,32-34,39-40H2,1-2H3,(H,45,49)/b31-28-,37-35-,38-36+. The summed E-state index contributed by atoms with van der Waals surface area (Å²) in [5.74, 6) is -0.570. The van der Waals surface area contributed by atoms with Crippen LogP contribution in [-0.2, 0) is 4.79 Å². The van der Waals surface area contributed by atoms with Crippen LogP contribution in [0.3, 0.4) is 0 Å². The second kappa shape index (κ2) is 39.4. The third-order valence-corrected chi connectivity index (χ3v) is 9.74. The Kier molecular flexibility index (Phi) is 38.2. The van der Waals surface area contributed by atoms with Gasteiger partial charge in [0.15, 0.2) is 0 Å². The molecule has 0 aliphatic heterocycles. The topological polar surface area (TPSA) is 89.8 Å². The zero-order chi connectivity index (χ0) is 35.9. The Balaban J connectivity index is 3.69. The van der Waals surface area contributed by atoms with Gasteiger partial charge in [0, 0.05) is 6.42 Å². The van der Waals surface area contributed by atoms with E-state index < -0.39 is 24.2 Å². The molecule has 4 N–H and O–H groups in total. The first-order valence-electron chi connectivity index (χ1n) is 21.3. The predicted octanol–water partition coefficient (Wildman–Crippen LogP) is 12.0. The molecule has 0 aromatic heterocycles. The number of hydrogen-bond donors (Lipinski definition) is 4. The average Bonchev–Trinajstić information content (AvgIpc) is 3.11. The largest absolute Gasteiger partial charge is 0.394 e. The van der Waals surface area contributed by atoms with Crippen molar-refractivity contribution in [2.45, 2.75) is 231 Å². The van der Waals surface area contributed by atoms with Gasteiger partial charge in [-0.25, -0.2) is 0 Å². The number of aliphatic hydroxyl groups excluding tert-OH is 3. The number of rotatable bonds is 38. The van der Waals surface area contributed by atoms with Crippen LogP contribution in [0.15, 0.2) is 36.5 Å². The minimum Gasteiger partial charge on any atom is -0.394 e. The van der Waals surface area contributed by atoms with Gasteiger partial charge in [0.2, 0.25) is 5.91 Å².